The van der Waals surface area contributed by atoms with Crippen LogP contribution in [0.3, 0.4) is 0 Å². The van der Waals surface area contributed by atoms with Gasteiger partial charge in [-0.1, -0.05) is 30.3 Å². The number of rotatable bonds is 10. The Morgan fingerprint density at radius 3 is 2.46 bits per heavy atom. The van der Waals surface area contributed by atoms with Gasteiger partial charge in [-0.05, 0) is 31.2 Å². The zero-order chi connectivity index (χ0) is 33.7. The lowest BCUT2D eigenvalue weighted by atomic mass is 9.96. The summed E-state index contributed by atoms with van der Waals surface area (Å²) < 4.78 is 38.1. The number of nitrogens with zero attached hydrogens (tertiary/aromatic N) is 4. The van der Waals surface area contributed by atoms with Crippen molar-refractivity contribution < 1.29 is 47.8 Å². The molecule has 0 spiro atoms. The molecule has 46 heavy (non-hydrogen) atoms. The van der Waals surface area contributed by atoms with Crippen molar-refractivity contribution >= 4 is 29.8 Å². The number of hydrogen-bond acceptors (Lipinski definition) is 10. The van der Waals surface area contributed by atoms with Crippen molar-refractivity contribution in [2.24, 2.45) is 10.9 Å². The molecular weight excluding hydrogens is 615 g/mol. The number of carbonyl (C=O) groups is 3. The van der Waals surface area contributed by atoms with Gasteiger partial charge >= 0.3 is 23.9 Å². The number of nitrogens with two attached hydrogens (primary N) is 1. The van der Waals surface area contributed by atoms with E-state index in [4.69, 9.17) is 14.6 Å². The third kappa shape index (κ3) is 12.0. The molecule has 5 N–H and O–H groups in total. The molecule has 0 aliphatic carbocycles. The molecular formula is C29H38F3N7O7. The Labute approximate surface area is 262 Å². The van der Waals surface area contributed by atoms with E-state index < -0.39 is 35.9 Å². The van der Waals surface area contributed by atoms with Gasteiger partial charge in [0, 0.05) is 44.4 Å². The van der Waals surface area contributed by atoms with Gasteiger partial charge in [-0.15, -0.1) is 0 Å². The van der Waals surface area contributed by atoms with E-state index in [0.29, 0.717) is 11.7 Å². The van der Waals surface area contributed by atoms with E-state index in [1.807, 2.05) is 37.3 Å². The van der Waals surface area contributed by atoms with Crippen molar-refractivity contribution in [1.82, 2.24) is 20.2 Å². The maximum atomic E-state index is 12.9. The Morgan fingerprint density at radius 2 is 1.87 bits per heavy atom. The highest BCUT2D eigenvalue weighted by Gasteiger charge is 2.29. The number of nitrogens with one attached hydrogen (secondary N) is 2. The second kappa shape index (κ2) is 17.1. The van der Waals surface area contributed by atoms with Gasteiger partial charge in [-0.25, -0.2) is 14.6 Å². The minimum absolute atomic E-state index is 0.0334. The quantitative estimate of drug-likeness (QED) is 0.266. The molecule has 2 aliphatic rings. The SMILES string of the molecule is Cc1cn(CC(CC(=O)O)NC(=O)OCc2ccccc2)c(=O)nc1N1CCC(CNC2=NCCC[NH2+]2)CC1.O=C([O-])C(F)(F)F. The number of aromatic nitrogens is 2. The second-order valence-electron chi connectivity index (χ2n) is 10.9. The lowest BCUT2D eigenvalue weighted by molar-refractivity contribution is -0.547. The Hall–Kier alpha value is -4.67. The Balaban J connectivity index is 0.000000738. The largest absolute Gasteiger partial charge is 0.542 e. The number of alkyl carbamates (subject to hydrolysis) is 1. The van der Waals surface area contributed by atoms with Crippen molar-refractivity contribution in [3.63, 3.8) is 0 Å². The summed E-state index contributed by atoms with van der Waals surface area (Å²) in [5.74, 6) is -1.91. The van der Waals surface area contributed by atoms with Crippen molar-refractivity contribution in [2.75, 3.05) is 37.6 Å². The van der Waals surface area contributed by atoms with Crippen molar-refractivity contribution in [2.45, 2.75) is 58.0 Å². The molecule has 1 fully saturated rings. The molecule has 252 valence electrons. The number of alkyl halides is 3. The van der Waals surface area contributed by atoms with Crippen LogP contribution in [-0.2, 0) is 27.5 Å². The zero-order valence-electron chi connectivity index (χ0n) is 25.3. The third-order valence-electron chi connectivity index (χ3n) is 7.22. The number of ether oxygens (including phenoxy) is 1. The van der Waals surface area contributed by atoms with Crippen LogP contribution in [0.4, 0.5) is 23.8 Å². The van der Waals surface area contributed by atoms with E-state index in [0.717, 1.165) is 69.1 Å². The molecule has 14 nitrogen and oxygen atoms in total. The highest BCUT2D eigenvalue weighted by Crippen LogP contribution is 2.23. The predicted octanol–water partition coefficient (Wildman–Crippen LogP) is -0.251. The minimum atomic E-state index is -5.19. The van der Waals surface area contributed by atoms with Crippen molar-refractivity contribution in [3.05, 3.63) is 58.1 Å². The van der Waals surface area contributed by atoms with E-state index >= 15 is 0 Å². The highest BCUT2D eigenvalue weighted by atomic mass is 19.4. The summed E-state index contributed by atoms with van der Waals surface area (Å²) in [5.41, 5.74) is 1.14. The summed E-state index contributed by atoms with van der Waals surface area (Å²) in [6.45, 7) is 6.37. The number of anilines is 1. The average Bonchev–Trinajstić information content (AvgIpc) is 3.01. The first kappa shape index (κ1) is 35.8. The topological polar surface area (TPSA) is 195 Å². The monoisotopic (exact) mass is 653 g/mol. The van der Waals surface area contributed by atoms with E-state index in [1.165, 1.54) is 4.57 Å². The van der Waals surface area contributed by atoms with Gasteiger partial charge in [0.25, 0.3) is 5.96 Å². The number of quaternary nitrogens is 1. The fourth-order valence-electron chi connectivity index (χ4n) is 4.90. The van der Waals surface area contributed by atoms with Crippen LogP contribution in [0, 0.1) is 12.8 Å². The van der Waals surface area contributed by atoms with E-state index in [2.05, 4.69) is 30.8 Å². The van der Waals surface area contributed by atoms with E-state index in [-0.39, 0.29) is 19.6 Å². The van der Waals surface area contributed by atoms with Crippen LogP contribution in [0.5, 0.6) is 0 Å². The number of carboxylic acids is 2. The predicted molar refractivity (Wildman–Crippen MR) is 157 cm³/mol. The van der Waals surface area contributed by atoms with Crippen molar-refractivity contribution in [1.29, 1.82) is 0 Å². The lowest BCUT2D eigenvalue weighted by Crippen LogP contribution is -2.92. The van der Waals surface area contributed by atoms with Crippen LogP contribution in [0.1, 0.15) is 36.8 Å². The van der Waals surface area contributed by atoms with Gasteiger partial charge in [0.2, 0.25) is 0 Å². The molecule has 0 bridgehead atoms. The number of aliphatic carboxylic acids is 2. The van der Waals surface area contributed by atoms with Gasteiger partial charge in [0.05, 0.1) is 25.6 Å². The zero-order valence-corrected chi connectivity index (χ0v) is 25.3. The first-order chi connectivity index (χ1) is 21.8. The fraction of sp³-hybridized carbons (Fsp3) is 0.517. The van der Waals surface area contributed by atoms with E-state index in [1.54, 1.807) is 6.20 Å². The summed E-state index contributed by atoms with van der Waals surface area (Å²) in [4.78, 5) is 56.4. The Kier molecular flexibility index (Phi) is 13.3. The number of benzene rings is 1. The van der Waals surface area contributed by atoms with Crippen LogP contribution in [-0.4, -0.2) is 83.6 Å². The van der Waals surface area contributed by atoms with Crippen LogP contribution in [0.2, 0.25) is 0 Å². The molecule has 1 amide bonds. The minimum Gasteiger partial charge on any atom is -0.542 e. The molecule has 1 aromatic heterocycles. The standard InChI is InChI=1S/C27H37N7O5.C2HF3O2/c1-19-16-34(17-22(14-23(35)36)31-27(38)39-18-21-6-3-2-4-7-21)26(37)32-24(19)33-12-8-20(9-13-33)15-30-25-28-10-5-11-29-25;3-2(4,5)1(6)7/h2-4,6-7,16,20,22H,5,8-15,17-18H2,1H3,(H,31,38)(H,35,36)(H2,28,29,30);(H,6,7). The number of guanidine groups is 1. The number of halogens is 3. The molecule has 1 atom stereocenters. The molecule has 2 aliphatic heterocycles. The molecule has 2 aromatic rings. The van der Waals surface area contributed by atoms with Crippen LogP contribution < -0.4 is 31.6 Å². The molecule has 0 saturated carbocycles. The molecule has 4 rings (SSSR count). The summed E-state index contributed by atoms with van der Waals surface area (Å²) in [7, 11) is 0. The van der Waals surface area contributed by atoms with Gasteiger partial charge in [-0.3, -0.25) is 14.7 Å². The second-order valence-corrected chi connectivity index (χ2v) is 10.9. The molecule has 1 saturated heterocycles. The van der Waals surface area contributed by atoms with Crippen LogP contribution in [0.15, 0.2) is 46.3 Å². The maximum absolute atomic E-state index is 12.9. The summed E-state index contributed by atoms with van der Waals surface area (Å²) in [5, 5.41) is 26.3. The number of piperidine rings is 1. The Morgan fingerprint density at radius 1 is 1.20 bits per heavy atom. The van der Waals surface area contributed by atoms with Gasteiger partial charge in [0.15, 0.2) is 0 Å². The van der Waals surface area contributed by atoms with Crippen LogP contribution in [0.25, 0.3) is 0 Å². The summed E-state index contributed by atoms with van der Waals surface area (Å²) in [6.07, 6.45) is -1.53. The summed E-state index contributed by atoms with van der Waals surface area (Å²) >= 11 is 0. The molecule has 0 radical (unpaired) electrons. The number of aryl methyl sites for hydroxylation is 1. The van der Waals surface area contributed by atoms with Crippen LogP contribution >= 0.6 is 0 Å². The average molecular weight is 654 g/mol. The highest BCUT2D eigenvalue weighted by molar-refractivity contribution is 5.71. The summed E-state index contributed by atoms with van der Waals surface area (Å²) in [6, 6.07) is 8.33. The molecule has 3 heterocycles. The molecule has 1 aromatic carbocycles. The normalized spacial score (nSPS) is 15.9. The van der Waals surface area contributed by atoms with Gasteiger partial charge < -0.3 is 35.3 Å². The number of carboxylic acid groups (broad SMARTS) is 2. The number of carbonyl (C=O) groups excluding carboxylic acids is 2. The smallest absolute Gasteiger partial charge is 0.430 e. The van der Waals surface area contributed by atoms with E-state index in [9.17, 15) is 32.7 Å². The Bertz CT molecular complexity index is 1410. The number of aliphatic imine (C=N–C) groups is 1. The lowest BCUT2D eigenvalue weighted by Gasteiger charge is -2.33. The number of hydrogen-bond donors (Lipinski definition) is 4. The van der Waals surface area contributed by atoms with Gasteiger partial charge in [-0.2, -0.15) is 18.2 Å². The number of amides is 1. The first-order valence-electron chi connectivity index (χ1n) is 14.7. The van der Waals surface area contributed by atoms with Crippen molar-refractivity contribution in [3.8, 4) is 0 Å². The molecule has 17 heteroatoms. The fourth-order valence-corrected chi connectivity index (χ4v) is 4.90. The maximum Gasteiger partial charge on any atom is 0.430 e. The first-order valence-corrected chi connectivity index (χ1v) is 14.7. The molecule has 1 unspecified atom stereocenters. The third-order valence-corrected chi connectivity index (χ3v) is 7.22. The van der Waals surface area contributed by atoms with Gasteiger partial charge in [0.1, 0.15) is 18.4 Å².